The van der Waals surface area contributed by atoms with Crippen LogP contribution in [-0.4, -0.2) is 31.3 Å². The van der Waals surface area contributed by atoms with Gasteiger partial charge >= 0.3 is 0 Å². The van der Waals surface area contributed by atoms with Crippen LogP contribution in [0.2, 0.25) is 0 Å². The quantitative estimate of drug-likeness (QED) is 0.496. The van der Waals surface area contributed by atoms with Crippen molar-refractivity contribution in [3.63, 3.8) is 0 Å². The molecule has 0 aromatic heterocycles. The second-order valence-electron chi connectivity index (χ2n) is 4.69. The maximum absolute atomic E-state index is 11.2. The summed E-state index contributed by atoms with van der Waals surface area (Å²) in [6.45, 7) is 0. The minimum Gasteiger partial charge on any atom is -0.493 e. The monoisotopic (exact) mass is 329 g/mol. The van der Waals surface area contributed by atoms with Crippen LogP contribution >= 0.6 is 0 Å². The minimum absolute atomic E-state index is 0.162. The summed E-state index contributed by atoms with van der Waals surface area (Å²) in [5.74, 6) is 0.0712. The Labute approximate surface area is 137 Å². The van der Waals surface area contributed by atoms with Crippen LogP contribution in [-0.2, 0) is 0 Å². The molecule has 0 aliphatic rings. The van der Waals surface area contributed by atoms with Crippen LogP contribution < -0.4 is 15.2 Å². The number of primary amides is 1. The molecular formula is C16H15N3O5. The van der Waals surface area contributed by atoms with Crippen LogP contribution in [0.1, 0.15) is 15.9 Å². The lowest BCUT2D eigenvalue weighted by Gasteiger charge is -2.08. The summed E-state index contributed by atoms with van der Waals surface area (Å²) in [6.07, 6.45) is 1.35. The molecule has 24 heavy (non-hydrogen) atoms. The Morgan fingerprint density at radius 2 is 1.75 bits per heavy atom. The minimum atomic E-state index is -0.541. The molecule has 0 bridgehead atoms. The van der Waals surface area contributed by atoms with Crippen LogP contribution in [0.4, 0.5) is 11.4 Å². The van der Waals surface area contributed by atoms with Gasteiger partial charge in [0.15, 0.2) is 11.5 Å². The third-order valence-corrected chi connectivity index (χ3v) is 3.23. The highest BCUT2D eigenvalue weighted by Crippen LogP contribution is 2.33. The third kappa shape index (κ3) is 3.67. The molecule has 0 spiro atoms. The van der Waals surface area contributed by atoms with E-state index in [4.69, 9.17) is 15.2 Å². The molecule has 0 aliphatic carbocycles. The molecule has 0 atom stereocenters. The zero-order valence-corrected chi connectivity index (χ0v) is 13.1. The smallest absolute Gasteiger partial charge is 0.282 e. The SMILES string of the molecule is COc1cc(C=Nc2ccc(C(N)=O)cc2)c([N+](=O)[O-])cc1OC. The van der Waals surface area contributed by atoms with Gasteiger partial charge in [-0.25, -0.2) is 0 Å². The highest BCUT2D eigenvalue weighted by Gasteiger charge is 2.18. The van der Waals surface area contributed by atoms with Crippen molar-refractivity contribution in [2.45, 2.75) is 0 Å². The number of rotatable bonds is 6. The van der Waals surface area contributed by atoms with Crippen molar-refractivity contribution in [2.75, 3.05) is 14.2 Å². The summed E-state index contributed by atoms with van der Waals surface area (Å²) in [5.41, 5.74) is 6.13. The molecule has 0 radical (unpaired) electrons. The van der Waals surface area contributed by atoms with Crippen molar-refractivity contribution in [2.24, 2.45) is 10.7 Å². The molecule has 8 heteroatoms. The van der Waals surface area contributed by atoms with Gasteiger partial charge in [-0.05, 0) is 30.3 Å². The molecular weight excluding hydrogens is 314 g/mol. The molecule has 0 saturated heterocycles. The van der Waals surface area contributed by atoms with Gasteiger partial charge in [-0.1, -0.05) is 0 Å². The highest BCUT2D eigenvalue weighted by atomic mass is 16.6. The number of hydrogen-bond donors (Lipinski definition) is 1. The molecule has 2 aromatic carbocycles. The van der Waals surface area contributed by atoms with Crippen LogP contribution in [0.5, 0.6) is 11.5 Å². The fourth-order valence-electron chi connectivity index (χ4n) is 2.00. The van der Waals surface area contributed by atoms with Crippen molar-refractivity contribution < 1.29 is 19.2 Å². The zero-order chi connectivity index (χ0) is 17.7. The molecule has 0 fully saturated rings. The van der Waals surface area contributed by atoms with Crippen LogP contribution in [0.15, 0.2) is 41.4 Å². The molecule has 2 rings (SSSR count). The van der Waals surface area contributed by atoms with E-state index >= 15 is 0 Å². The molecule has 0 saturated carbocycles. The Morgan fingerprint density at radius 3 is 2.25 bits per heavy atom. The number of ether oxygens (including phenoxy) is 2. The molecule has 2 N–H and O–H groups in total. The van der Waals surface area contributed by atoms with Gasteiger partial charge in [0.2, 0.25) is 5.91 Å². The molecule has 124 valence electrons. The van der Waals surface area contributed by atoms with Gasteiger partial charge in [0, 0.05) is 11.8 Å². The van der Waals surface area contributed by atoms with E-state index in [-0.39, 0.29) is 17.0 Å². The molecule has 2 aromatic rings. The average Bonchev–Trinajstić information content (AvgIpc) is 2.59. The van der Waals surface area contributed by atoms with Gasteiger partial charge in [-0.15, -0.1) is 0 Å². The number of amides is 1. The first-order valence-electron chi connectivity index (χ1n) is 6.80. The summed E-state index contributed by atoms with van der Waals surface area (Å²) in [6, 6.07) is 8.97. The number of carbonyl (C=O) groups excluding carboxylic acids is 1. The second-order valence-corrected chi connectivity index (χ2v) is 4.69. The van der Waals surface area contributed by atoms with Crippen molar-refractivity contribution in [3.05, 3.63) is 57.6 Å². The molecule has 0 heterocycles. The number of nitrogens with two attached hydrogens (primary N) is 1. The van der Waals surface area contributed by atoms with Gasteiger partial charge in [0.05, 0.1) is 36.5 Å². The zero-order valence-electron chi connectivity index (χ0n) is 13.1. The molecule has 0 aliphatic heterocycles. The number of carbonyl (C=O) groups is 1. The van der Waals surface area contributed by atoms with Crippen molar-refractivity contribution in [1.82, 2.24) is 0 Å². The lowest BCUT2D eigenvalue weighted by molar-refractivity contribution is -0.385. The molecule has 8 nitrogen and oxygen atoms in total. The fourth-order valence-corrected chi connectivity index (χ4v) is 2.00. The topological polar surface area (TPSA) is 117 Å². The maximum atomic E-state index is 11.2. The predicted molar refractivity (Wildman–Crippen MR) is 88.4 cm³/mol. The number of aliphatic imine (C=N–C) groups is 1. The lowest BCUT2D eigenvalue weighted by atomic mass is 10.1. The number of benzene rings is 2. The Morgan fingerprint density at radius 1 is 1.17 bits per heavy atom. The number of nitrogens with zero attached hydrogens (tertiary/aromatic N) is 2. The normalized spacial score (nSPS) is 10.6. The Balaban J connectivity index is 2.40. The summed E-state index contributed by atoms with van der Waals surface area (Å²) >= 11 is 0. The van der Waals surface area contributed by atoms with Crippen molar-refractivity contribution >= 4 is 23.5 Å². The molecule has 1 amide bonds. The number of hydrogen-bond acceptors (Lipinski definition) is 6. The Bertz CT molecular complexity index is 800. The van der Waals surface area contributed by atoms with E-state index in [9.17, 15) is 14.9 Å². The third-order valence-electron chi connectivity index (χ3n) is 3.23. The van der Waals surface area contributed by atoms with E-state index in [1.165, 1.54) is 44.7 Å². The van der Waals surface area contributed by atoms with Crippen LogP contribution in [0.25, 0.3) is 0 Å². The first-order valence-corrected chi connectivity index (χ1v) is 6.80. The van der Waals surface area contributed by atoms with E-state index in [1.54, 1.807) is 12.1 Å². The average molecular weight is 329 g/mol. The first-order chi connectivity index (χ1) is 11.5. The predicted octanol–water partition coefficient (Wildman–Crippen LogP) is 2.46. The summed E-state index contributed by atoms with van der Waals surface area (Å²) in [5, 5.41) is 11.2. The summed E-state index contributed by atoms with van der Waals surface area (Å²) in [7, 11) is 2.84. The summed E-state index contributed by atoms with van der Waals surface area (Å²) in [4.78, 5) is 25.9. The van der Waals surface area contributed by atoms with Gasteiger partial charge < -0.3 is 15.2 Å². The van der Waals surface area contributed by atoms with E-state index < -0.39 is 10.8 Å². The first kappa shape index (κ1) is 16.9. The van der Waals surface area contributed by atoms with E-state index in [0.717, 1.165) is 0 Å². The fraction of sp³-hybridized carbons (Fsp3) is 0.125. The number of methoxy groups -OCH3 is 2. The lowest BCUT2D eigenvalue weighted by Crippen LogP contribution is -2.10. The van der Waals surface area contributed by atoms with Crippen LogP contribution in [0, 0.1) is 10.1 Å². The Kier molecular flexibility index (Phi) is 5.10. The van der Waals surface area contributed by atoms with Crippen molar-refractivity contribution in [1.29, 1.82) is 0 Å². The van der Waals surface area contributed by atoms with E-state index in [0.29, 0.717) is 17.0 Å². The van der Waals surface area contributed by atoms with Crippen LogP contribution in [0.3, 0.4) is 0 Å². The van der Waals surface area contributed by atoms with Gasteiger partial charge in [-0.2, -0.15) is 0 Å². The Hall–Kier alpha value is -3.42. The van der Waals surface area contributed by atoms with Crippen molar-refractivity contribution in [3.8, 4) is 11.5 Å². The number of nitro groups is 1. The van der Waals surface area contributed by atoms with E-state index in [1.807, 2.05) is 0 Å². The number of nitro benzene ring substituents is 1. The standard InChI is InChI=1S/C16H15N3O5/c1-23-14-7-11(13(19(21)22)8-15(14)24-2)9-18-12-5-3-10(4-6-12)16(17)20/h3-9H,1-2H3,(H2,17,20). The largest absolute Gasteiger partial charge is 0.493 e. The van der Waals surface area contributed by atoms with Gasteiger partial charge in [0.25, 0.3) is 5.69 Å². The highest BCUT2D eigenvalue weighted by molar-refractivity contribution is 5.93. The summed E-state index contributed by atoms with van der Waals surface area (Å²) < 4.78 is 10.2. The van der Waals surface area contributed by atoms with Gasteiger partial charge in [-0.3, -0.25) is 19.9 Å². The molecule has 0 unspecified atom stereocenters. The van der Waals surface area contributed by atoms with Gasteiger partial charge in [0.1, 0.15) is 0 Å². The second kappa shape index (κ2) is 7.23. The maximum Gasteiger partial charge on any atom is 0.282 e. The van der Waals surface area contributed by atoms with E-state index in [2.05, 4.69) is 4.99 Å².